The molecule has 0 saturated heterocycles. The van der Waals surface area contributed by atoms with E-state index in [0.717, 1.165) is 0 Å². The van der Waals surface area contributed by atoms with E-state index in [-0.39, 0.29) is 18.4 Å². The summed E-state index contributed by atoms with van der Waals surface area (Å²) in [6, 6.07) is 3.96. The van der Waals surface area contributed by atoms with Crippen LogP contribution in [0.4, 0.5) is 10.1 Å². The van der Waals surface area contributed by atoms with Crippen molar-refractivity contribution in [3.05, 3.63) is 29.6 Å². The fourth-order valence-corrected chi connectivity index (χ4v) is 1.44. The fourth-order valence-electron chi connectivity index (χ4n) is 1.44. The number of amides is 1. The van der Waals surface area contributed by atoms with Gasteiger partial charge in [-0.2, -0.15) is 0 Å². The van der Waals surface area contributed by atoms with Crippen molar-refractivity contribution in [3.63, 3.8) is 0 Å². The molecule has 0 radical (unpaired) electrons. The molecule has 0 aliphatic rings. The number of carbonyl (C=O) groups excluding carboxylic acids is 1. The molecular weight excluding hydrogens is 233 g/mol. The van der Waals surface area contributed by atoms with Crippen LogP contribution >= 0.6 is 0 Å². The van der Waals surface area contributed by atoms with Gasteiger partial charge in [-0.1, -0.05) is 25.7 Å². The lowest BCUT2D eigenvalue weighted by atomic mass is 10.1. The molecule has 1 rings (SSSR count). The number of nitrogens with one attached hydrogen (secondary N) is 1. The van der Waals surface area contributed by atoms with Crippen molar-refractivity contribution >= 4 is 11.6 Å². The highest BCUT2D eigenvalue weighted by Crippen LogP contribution is 2.17. The Bertz CT molecular complexity index is 486. The van der Waals surface area contributed by atoms with Crippen LogP contribution in [-0.2, 0) is 4.79 Å². The first-order valence-corrected chi connectivity index (χ1v) is 5.72. The average Bonchev–Trinajstić information content (AvgIpc) is 2.28. The van der Waals surface area contributed by atoms with E-state index < -0.39 is 5.82 Å². The van der Waals surface area contributed by atoms with Crippen molar-refractivity contribution in [2.75, 3.05) is 11.9 Å². The van der Waals surface area contributed by atoms with Crippen molar-refractivity contribution in [2.24, 2.45) is 5.92 Å². The maximum absolute atomic E-state index is 13.1. The number of aliphatic hydroxyl groups is 1. The SMILES string of the molecule is CC(C)CC(=O)Nc1ccc(F)cc1C#CCO. The normalized spacial score (nSPS) is 9.83. The van der Waals surface area contributed by atoms with Crippen molar-refractivity contribution in [1.82, 2.24) is 0 Å². The highest BCUT2D eigenvalue weighted by molar-refractivity contribution is 5.92. The van der Waals surface area contributed by atoms with Crippen molar-refractivity contribution in [3.8, 4) is 11.8 Å². The first-order valence-electron chi connectivity index (χ1n) is 5.72. The van der Waals surface area contributed by atoms with Gasteiger partial charge < -0.3 is 10.4 Å². The number of hydrogen-bond donors (Lipinski definition) is 2. The summed E-state index contributed by atoms with van der Waals surface area (Å²) in [5, 5.41) is 11.3. The second-order valence-electron chi connectivity index (χ2n) is 4.30. The van der Waals surface area contributed by atoms with E-state index in [1.807, 2.05) is 13.8 Å². The van der Waals surface area contributed by atoms with Gasteiger partial charge in [-0.15, -0.1) is 0 Å². The lowest BCUT2D eigenvalue weighted by Crippen LogP contribution is -2.14. The van der Waals surface area contributed by atoms with Crippen LogP contribution in [0.2, 0.25) is 0 Å². The summed E-state index contributed by atoms with van der Waals surface area (Å²) in [6.07, 6.45) is 0.393. The van der Waals surface area contributed by atoms with Crippen LogP contribution in [-0.4, -0.2) is 17.6 Å². The molecule has 4 heteroatoms. The molecule has 18 heavy (non-hydrogen) atoms. The van der Waals surface area contributed by atoms with E-state index >= 15 is 0 Å². The standard InChI is InChI=1S/C14H16FNO2/c1-10(2)8-14(18)16-13-6-5-12(15)9-11(13)4-3-7-17/h5-6,9-10,17H,7-8H2,1-2H3,(H,16,18). The van der Waals surface area contributed by atoms with Crippen LogP contribution in [0.3, 0.4) is 0 Å². The van der Waals surface area contributed by atoms with E-state index in [9.17, 15) is 9.18 Å². The second-order valence-corrected chi connectivity index (χ2v) is 4.30. The first kappa shape index (κ1) is 14.2. The molecule has 0 spiro atoms. The molecule has 0 fully saturated rings. The lowest BCUT2D eigenvalue weighted by molar-refractivity contribution is -0.116. The monoisotopic (exact) mass is 249 g/mol. The number of carbonyl (C=O) groups is 1. The largest absolute Gasteiger partial charge is 0.384 e. The molecule has 0 aromatic heterocycles. The van der Waals surface area contributed by atoms with Crippen molar-refractivity contribution in [2.45, 2.75) is 20.3 Å². The zero-order chi connectivity index (χ0) is 13.5. The molecule has 3 nitrogen and oxygen atoms in total. The van der Waals surface area contributed by atoms with Gasteiger partial charge in [-0.05, 0) is 24.1 Å². The van der Waals surface area contributed by atoms with E-state index in [1.165, 1.54) is 18.2 Å². The van der Waals surface area contributed by atoms with Crippen LogP contribution in [0.5, 0.6) is 0 Å². The molecule has 0 unspecified atom stereocenters. The van der Waals surface area contributed by atoms with Gasteiger partial charge in [0.1, 0.15) is 12.4 Å². The Morgan fingerprint density at radius 1 is 1.50 bits per heavy atom. The van der Waals surface area contributed by atoms with Crippen LogP contribution in [0, 0.1) is 23.6 Å². The molecule has 0 aliphatic carbocycles. The minimum atomic E-state index is -0.431. The highest BCUT2D eigenvalue weighted by Gasteiger charge is 2.08. The highest BCUT2D eigenvalue weighted by atomic mass is 19.1. The Morgan fingerprint density at radius 3 is 2.83 bits per heavy atom. The summed E-state index contributed by atoms with van der Waals surface area (Å²) in [6.45, 7) is 3.57. The van der Waals surface area contributed by atoms with Gasteiger partial charge in [-0.3, -0.25) is 4.79 Å². The molecule has 0 saturated carbocycles. The average molecular weight is 249 g/mol. The summed E-state index contributed by atoms with van der Waals surface area (Å²) in [7, 11) is 0. The Balaban J connectivity index is 2.90. The van der Waals surface area contributed by atoms with Crippen molar-refractivity contribution in [1.29, 1.82) is 0 Å². The molecule has 0 aliphatic heterocycles. The third kappa shape index (κ3) is 4.56. The summed E-state index contributed by atoms with van der Waals surface area (Å²) in [5.74, 6) is 4.72. The van der Waals surface area contributed by atoms with Gasteiger partial charge in [0.2, 0.25) is 5.91 Å². The molecule has 1 aromatic rings. The Labute approximate surface area is 106 Å². The van der Waals surface area contributed by atoms with Gasteiger partial charge in [0, 0.05) is 6.42 Å². The van der Waals surface area contributed by atoms with Crippen LogP contribution in [0.1, 0.15) is 25.8 Å². The molecular formula is C14H16FNO2. The van der Waals surface area contributed by atoms with E-state index in [4.69, 9.17) is 5.11 Å². The molecule has 0 heterocycles. The lowest BCUT2D eigenvalue weighted by Gasteiger charge is -2.09. The maximum atomic E-state index is 13.1. The van der Waals surface area contributed by atoms with Crippen molar-refractivity contribution < 1.29 is 14.3 Å². The van der Waals surface area contributed by atoms with Gasteiger partial charge in [0.15, 0.2) is 0 Å². The Hall–Kier alpha value is -1.86. The summed E-state index contributed by atoms with van der Waals surface area (Å²) in [5.41, 5.74) is 0.823. The zero-order valence-electron chi connectivity index (χ0n) is 10.5. The number of benzene rings is 1. The molecule has 2 N–H and O–H groups in total. The maximum Gasteiger partial charge on any atom is 0.224 e. The number of aliphatic hydroxyl groups excluding tert-OH is 1. The Morgan fingerprint density at radius 2 is 2.22 bits per heavy atom. The van der Waals surface area contributed by atoms with Gasteiger partial charge >= 0.3 is 0 Å². The minimum absolute atomic E-state index is 0.136. The number of halogens is 1. The van der Waals surface area contributed by atoms with Gasteiger partial charge in [-0.25, -0.2) is 4.39 Å². The third-order valence-electron chi connectivity index (χ3n) is 2.15. The smallest absolute Gasteiger partial charge is 0.224 e. The van der Waals surface area contributed by atoms with E-state index in [1.54, 1.807) is 0 Å². The van der Waals surface area contributed by atoms with E-state index in [0.29, 0.717) is 17.7 Å². The predicted octanol–water partition coefficient (Wildman–Crippen LogP) is 2.15. The first-order chi connectivity index (χ1) is 8.52. The fraction of sp³-hybridized carbons (Fsp3) is 0.357. The second kappa shape index (κ2) is 6.77. The summed E-state index contributed by atoms with van der Waals surface area (Å²) >= 11 is 0. The van der Waals surface area contributed by atoms with Crippen LogP contribution < -0.4 is 5.32 Å². The van der Waals surface area contributed by atoms with E-state index in [2.05, 4.69) is 17.2 Å². The summed E-state index contributed by atoms with van der Waals surface area (Å²) in [4.78, 5) is 11.6. The number of anilines is 1. The molecule has 0 bridgehead atoms. The summed E-state index contributed by atoms with van der Waals surface area (Å²) < 4.78 is 13.1. The number of rotatable bonds is 3. The van der Waals surface area contributed by atoms with Crippen LogP contribution in [0.15, 0.2) is 18.2 Å². The Kier molecular flexibility index (Phi) is 5.34. The zero-order valence-corrected chi connectivity index (χ0v) is 10.5. The predicted molar refractivity (Wildman–Crippen MR) is 68.4 cm³/mol. The molecule has 96 valence electrons. The van der Waals surface area contributed by atoms with Gasteiger partial charge in [0.25, 0.3) is 0 Å². The minimum Gasteiger partial charge on any atom is -0.384 e. The molecule has 1 amide bonds. The van der Waals surface area contributed by atoms with Gasteiger partial charge in [0.05, 0.1) is 11.3 Å². The number of hydrogen-bond acceptors (Lipinski definition) is 2. The molecule has 1 aromatic carbocycles. The molecule has 0 atom stereocenters. The topological polar surface area (TPSA) is 49.3 Å². The third-order valence-corrected chi connectivity index (χ3v) is 2.15. The van der Waals surface area contributed by atoms with Crippen LogP contribution in [0.25, 0.3) is 0 Å². The quantitative estimate of drug-likeness (QED) is 0.806.